The van der Waals surface area contributed by atoms with Gasteiger partial charge in [-0.3, -0.25) is 4.98 Å². The molecule has 20 heavy (non-hydrogen) atoms. The summed E-state index contributed by atoms with van der Waals surface area (Å²) in [6.45, 7) is 1.07. The molecule has 1 heterocycles. The van der Waals surface area contributed by atoms with Crippen LogP contribution in [0.4, 0.5) is 0 Å². The Morgan fingerprint density at radius 3 is 2.60 bits per heavy atom. The average Bonchev–Trinajstić information content (AvgIpc) is 2.48. The summed E-state index contributed by atoms with van der Waals surface area (Å²) >= 11 is 0. The topological polar surface area (TPSA) is 63.6 Å². The fraction of sp³-hybridized carbons (Fsp3) is 0.267. The molecule has 0 aliphatic rings. The van der Waals surface area contributed by atoms with Gasteiger partial charge in [-0.2, -0.15) is 0 Å². The van der Waals surface area contributed by atoms with Gasteiger partial charge in [0.2, 0.25) is 0 Å². The Morgan fingerprint density at radius 2 is 1.90 bits per heavy atom. The molecule has 5 heteroatoms. The van der Waals surface area contributed by atoms with Crippen molar-refractivity contribution in [1.29, 1.82) is 0 Å². The molecule has 5 nitrogen and oxygen atoms in total. The van der Waals surface area contributed by atoms with Crippen LogP contribution in [0.15, 0.2) is 36.5 Å². The van der Waals surface area contributed by atoms with Crippen LogP contribution in [-0.2, 0) is 13.1 Å². The number of para-hydroxylation sites is 1. The first-order valence-electron chi connectivity index (χ1n) is 6.29. The van der Waals surface area contributed by atoms with E-state index in [9.17, 15) is 5.11 Å². The molecular weight excluding hydrogens is 256 g/mol. The van der Waals surface area contributed by atoms with E-state index in [-0.39, 0.29) is 5.75 Å². The molecule has 2 N–H and O–H groups in total. The van der Waals surface area contributed by atoms with Gasteiger partial charge in [-0.15, -0.1) is 0 Å². The molecule has 2 aromatic rings. The van der Waals surface area contributed by atoms with E-state index in [2.05, 4.69) is 10.3 Å². The molecule has 0 amide bonds. The number of nitrogens with one attached hydrogen (secondary N) is 1. The van der Waals surface area contributed by atoms with Crippen LogP contribution in [0.3, 0.4) is 0 Å². The second kappa shape index (κ2) is 6.77. The number of ether oxygens (including phenoxy) is 2. The van der Waals surface area contributed by atoms with E-state index in [0.29, 0.717) is 24.6 Å². The minimum absolute atomic E-state index is 0.283. The van der Waals surface area contributed by atoms with Crippen LogP contribution < -0.4 is 14.8 Å². The average molecular weight is 274 g/mol. The van der Waals surface area contributed by atoms with Crippen molar-refractivity contribution < 1.29 is 14.6 Å². The highest BCUT2D eigenvalue weighted by molar-refractivity contribution is 5.42. The third-order valence-electron chi connectivity index (χ3n) is 2.97. The highest BCUT2D eigenvalue weighted by Crippen LogP contribution is 2.28. The third kappa shape index (κ3) is 3.19. The summed E-state index contributed by atoms with van der Waals surface area (Å²) in [7, 11) is 3.18. The first-order valence-corrected chi connectivity index (χ1v) is 6.29. The molecule has 106 valence electrons. The lowest BCUT2D eigenvalue weighted by atomic mass is 10.2. The van der Waals surface area contributed by atoms with Gasteiger partial charge in [-0.25, -0.2) is 0 Å². The smallest absolute Gasteiger partial charge is 0.183 e. The largest absolute Gasteiger partial charge is 0.508 e. The molecule has 1 aromatic carbocycles. The van der Waals surface area contributed by atoms with Gasteiger partial charge in [-0.1, -0.05) is 18.2 Å². The minimum Gasteiger partial charge on any atom is -0.508 e. The van der Waals surface area contributed by atoms with Gasteiger partial charge in [0.1, 0.15) is 5.75 Å². The number of phenolic OH excluding ortho intramolecular Hbond substituents is 1. The summed E-state index contributed by atoms with van der Waals surface area (Å²) in [5, 5.41) is 12.9. The summed E-state index contributed by atoms with van der Waals surface area (Å²) in [6, 6.07) is 8.98. The first kappa shape index (κ1) is 14.1. The zero-order valence-electron chi connectivity index (χ0n) is 11.6. The number of hydrogen-bond acceptors (Lipinski definition) is 5. The molecule has 0 spiro atoms. The normalized spacial score (nSPS) is 10.3. The van der Waals surface area contributed by atoms with Crippen molar-refractivity contribution in [3.8, 4) is 17.2 Å². The maximum Gasteiger partial charge on any atom is 0.183 e. The van der Waals surface area contributed by atoms with Crippen LogP contribution in [0.5, 0.6) is 17.2 Å². The van der Waals surface area contributed by atoms with E-state index in [4.69, 9.17) is 9.47 Å². The van der Waals surface area contributed by atoms with Crippen molar-refractivity contribution in [2.24, 2.45) is 0 Å². The molecule has 0 saturated carbocycles. The summed E-state index contributed by atoms with van der Waals surface area (Å²) in [5.74, 6) is 1.56. The van der Waals surface area contributed by atoms with Crippen LogP contribution in [-0.4, -0.2) is 24.3 Å². The van der Waals surface area contributed by atoms with Crippen LogP contribution in [0, 0.1) is 0 Å². The first-order chi connectivity index (χ1) is 9.76. The molecule has 0 aliphatic heterocycles. The fourth-order valence-corrected chi connectivity index (χ4v) is 1.95. The number of nitrogens with zero attached hydrogens (tertiary/aromatic N) is 1. The minimum atomic E-state index is 0.283. The molecule has 0 fully saturated rings. The van der Waals surface area contributed by atoms with Crippen molar-refractivity contribution in [2.45, 2.75) is 13.1 Å². The molecule has 0 atom stereocenters. The molecule has 0 radical (unpaired) electrons. The Morgan fingerprint density at radius 1 is 1.10 bits per heavy atom. The predicted octanol–water partition coefficient (Wildman–Crippen LogP) is 2.09. The van der Waals surface area contributed by atoms with Gasteiger partial charge >= 0.3 is 0 Å². The van der Waals surface area contributed by atoms with E-state index >= 15 is 0 Å². The number of aromatic nitrogens is 1. The molecule has 2 rings (SSSR count). The number of pyridine rings is 1. The molecular formula is C15H18N2O3. The van der Waals surface area contributed by atoms with Gasteiger partial charge in [0.05, 0.1) is 19.9 Å². The Hall–Kier alpha value is -2.27. The summed E-state index contributed by atoms with van der Waals surface area (Å²) < 4.78 is 10.5. The number of rotatable bonds is 6. The van der Waals surface area contributed by atoms with Crippen LogP contribution in [0.2, 0.25) is 0 Å². The van der Waals surface area contributed by atoms with Crippen molar-refractivity contribution in [3.63, 3.8) is 0 Å². The third-order valence-corrected chi connectivity index (χ3v) is 2.97. The molecule has 0 unspecified atom stereocenters. The second-order valence-corrected chi connectivity index (χ2v) is 4.23. The zero-order valence-corrected chi connectivity index (χ0v) is 11.6. The van der Waals surface area contributed by atoms with E-state index in [1.165, 1.54) is 0 Å². The predicted molar refractivity (Wildman–Crippen MR) is 76.0 cm³/mol. The van der Waals surface area contributed by atoms with Crippen LogP contribution in [0.1, 0.15) is 11.3 Å². The van der Waals surface area contributed by atoms with E-state index < -0.39 is 0 Å². The second-order valence-electron chi connectivity index (χ2n) is 4.23. The Kier molecular flexibility index (Phi) is 4.79. The number of hydrogen-bond donors (Lipinski definition) is 2. The number of methoxy groups -OCH3 is 2. The number of aromatic hydroxyl groups is 1. The van der Waals surface area contributed by atoms with Crippen molar-refractivity contribution >= 4 is 0 Å². The number of phenols is 1. The van der Waals surface area contributed by atoms with Gasteiger partial charge in [0.15, 0.2) is 11.5 Å². The quantitative estimate of drug-likeness (QED) is 0.844. The van der Waals surface area contributed by atoms with Crippen LogP contribution in [0.25, 0.3) is 0 Å². The van der Waals surface area contributed by atoms with Gasteiger partial charge in [0.25, 0.3) is 0 Å². The molecule has 0 saturated heterocycles. The van der Waals surface area contributed by atoms with Gasteiger partial charge in [0, 0.05) is 30.9 Å². The lowest BCUT2D eigenvalue weighted by Gasteiger charge is -2.12. The van der Waals surface area contributed by atoms with Gasteiger partial charge in [-0.05, 0) is 6.07 Å². The van der Waals surface area contributed by atoms with E-state index in [1.54, 1.807) is 38.6 Å². The highest BCUT2D eigenvalue weighted by Gasteiger charge is 2.10. The van der Waals surface area contributed by atoms with E-state index in [0.717, 1.165) is 11.3 Å². The summed E-state index contributed by atoms with van der Waals surface area (Å²) in [6.07, 6.45) is 1.68. The zero-order chi connectivity index (χ0) is 14.4. The fourth-order valence-electron chi connectivity index (χ4n) is 1.95. The standard InChI is InChI=1S/C15H18N2O3/c1-19-14-7-8-17-12(15(14)20-2)10-16-9-11-5-3-4-6-13(11)18/h3-8,16,18H,9-10H2,1-2H3. The van der Waals surface area contributed by atoms with Crippen molar-refractivity contribution in [2.75, 3.05) is 14.2 Å². The summed E-state index contributed by atoms with van der Waals surface area (Å²) in [4.78, 5) is 4.28. The van der Waals surface area contributed by atoms with Crippen molar-refractivity contribution in [1.82, 2.24) is 10.3 Å². The van der Waals surface area contributed by atoms with Gasteiger partial charge < -0.3 is 19.9 Å². The highest BCUT2D eigenvalue weighted by atomic mass is 16.5. The SMILES string of the molecule is COc1ccnc(CNCc2ccccc2O)c1OC. The molecule has 1 aromatic heterocycles. The lowest BCUT2D eigenvalue weighted by Crippen LogP contribution is -2.14. The van der Waals surface area contributed by atoms with Crippen molar-refractivity contribution in [3.05, 3.63) is 47.8 Å². The Labute approximate surface area is 118 Å². The van der Waals surface area contributed by atoms with E-state index in [1.807, 2.05) is 12.1 Å². The summed E-state index contributed by atoms with van der Waals surface area (Å²) in [5.41, 5.74) is 1.61. The molecule has 0 aliphatic carbocycles. The molecule has 0 bridgehead atoms. The van der Waals surface area contributed by atoms with Crippen LogP contribution >= 0.6 is 0 Å². The number of benzene rings is 1. The Balaban J connectivity index is 2.03. The maximum absolute atomic E-state index is 9.69. The Bertz CT molecular complexity index is 573. The lowest BCUT2D eigenvalue weighted by molar-refractivity contribution is 0.348. The maximum atomic E-state index is 9.69. The monoisotopic (exact) mass is 274 g/mol.